The maximum atomic E-state index is 12.5. The van der Waals surface area contributed by atoms with E-state index in [0.717, 1.165) is 30.6 Å². The second kappa shape index (κ2) is 5.73. The van der Waals surface area contributed by atoms with E-state index in [9.17, 15) is 14.9 Å². The van der Waals surface area contributed by atoms with E-state index in [-0.39, 0.29) is 11.8 Å². The number of anilines is 1. The Labute approximate surface area is 133 Å². The van der Waals surface area contributed by atoms with Crippen LogP contribution in [0, 0.1) is 36.0 Å². The number of hydrogen-bond acceptors (Lipinski definition) is 5. The van der Waals surface area contributed by atoms with Crippen molar-refractivity contribution < 1.29 is 14.3 Å². The fraction of sp³-hybridized carbons (Fsp3) is 0.562. The third-order valence-corrected chi connectivity index (χ3v) is 6.13. The number of nitrogens with one attached hydrogen (secondary N) is 1. The molecule has 5 nitrogen and oxygen atoms in total. The van der Waals surface area contributed by atoms with Gasteiger partial charge >= 0.3 is 5.97 Å². The van der Waals surface area contributed by atoms with Gasteiger partial charge in [-0.15, -0.1) is 11.3 Å². The fourth-order valence-corrected chi connectivity index (χ4v) is 4.87. The van der Waals surface area contributed by atoms with Crippen molar-refractivity contribution in [1.29, 1.82) is 5.26 Å². The van der Waals surface area contributed by atoms with Gasteiger partial charge in [0.25, 0.3) is 0 Å². The molecule has 116 valence electrons. The van der Waals surface area contributed by atoms with Gasteiger partial charge in [0.05, 0.1) is 12.7 Å². The van der Waals surface area contributed by atoms with Crippen LogP contribution in [-0.2, 0) is 9.53 Å². The SMILES string of the molecule is COC(=O)c1sc(NC(=O)[C@@H]2C[C@@H]3CC[C@@H]2C3)c(C#N)c1C. The maximum absolute atomic E-state index is 12.5. The van der Waals surface area contributed by atoms with Crippen LogP contribution in [0.3, 0.4) is 0 Å². The van der Waals surface area contributed by atoms with Crippen molar-refractivity contribution in [3.8, 4) is 6.07 Å². The van der Waals surface area contributed by atoms with Gasteiger partial charge in [0.1, 0.15) is 15.9 Å². The molecule has 0 spiro atoms. The lowest BCUT2D eigenvalue weighted by Gasteiger charge is -2.20. The average Bonchev–Trinajstić information content (AvgIpc) is 3.21. The summed E-state index contributed by atoms with van der Waals surface area (Å²) in [6.45, 7) is 1.70. The van der Waals surface area contributed by atoms with E-state index in [2.05, 4.69) is 11.4 Å². The molecule has 0 radical (unpaired) electrons. The number of ether oxygens (including phenoxy) is 1. The molecule has 2 saturated carbocycles. The van der Waals surface area contributed by atoms with Crippen LogP contribution < -0.4 is 5.32 Å². The summed E-state index contributed by atoms with van der Waals surface area (Å²) >= 11 is 1.12. The van der Waals surface area contributed by atoms with Crippen LogP contribution in [0.5, 0.6) is 0 Å². The van der Waals surface area contributed by atoms with Crippen LogP contribution in [0.15, 0.2) is 0 Å². The lowest BCUT2D eigenvalue weighted by Crippen LogP contribution is -2.27. The summed E-state index contributed by atoms with van der Waals surface area (Å²) in [4.78, 5) is 24.6. The Balaban J connectivity index is 1.81. The Bertz CT molecular complexity index is 674. The minimum atomic E-state index is -0.473. The second-order valence-corrected chi connectivity index (χ2v) is 7.15. The molecule has 1 N–H and O–H groups in total. The van der Waals surface area contributed by atoms with Crippen molar-refractivity contribution in [2.75, 3.05) is 12.4 Å². The first-order valence-corrected chi connectivity index (χ1v) is 8.29. The molecule has 1 aromatic rings. The van der Waals surface area contributed by atoms with Gasteiger partial charge < -0.3 is 10.1 Å². The molecule has 2 aliphatic rings. The third-order valence-electron chi connectivity index (χ3n) is 4.94. The largest absolute Gasteiger partial charge is 0.465 e. The van der Waals surface area contributed by atoms with Crippen molar-refractivity contribution in [2.45, 2.75) is 32.6 Å². The van der Waals surface area contributed by atoms with Crippen LogP contribution in [0.25, 0.3) is 0 Å². The molecule has 0 unspecified atom stereocenters. The summed E-state index contributed by atoms with van der Waals surface area (Å²) in [5.41, 5.74) is 0.935. The molecule has 3 atom stereocenters. The highest BCUT2D eigenvalue weighted by atomic mass is 32.1. The molecule has 1 amide bonds. The van der Waals surface area contributed by atoms with Gasteiger partial charge in [0.15, 0.2) is 0 Å². The van der Waals surface area contributed by atoms with Gasteiger partial charge in [-0.05, 0) is 43.6 Å². The molecule has 0 aromatic carbocycles. The second-order valence-electron chi connectivity index (χ2n) is 6.13. The third kappa shape index (κ3) is 2.40. The molecule has 6 heteroatoms. The fourth-order valence-electron chi connectivity index (χ4n) is 3.79. The summed E-state index contributed by atoms with van der Waals surface area (Å²) in [6.07, 6.45) is 4.47. The average molecular weight is 318 g/mol. The van der Waals surface area contributed by atoms with Crippen molar-refractivity contribution in [3.63, 3.8) is 0 Å². The standard InChI is InChI=1S/C16H18N2O3S/c1-8-12(7-17)15(22-13(8)16(20)21-2)18-14(19)11-6-9-3-4-10(11)5-9/h9-11H,3-6H2,1-2H3,(H,18,19)/t9-,10-,11-/m1/s1. The Morgan fingerprint density at radius 2 is 2.14 bits per heavy atom. The Kier molecular flexibility index (Phi) is 3.92. The lowest BCUT2D eigenvalue weighted by molar-refractivity contribution is -0.121. The van der Waals surface area contributed by atoms with E-state index >= 15 is 0 Å². The lowest BCUT2D eigenvalue weighted by atomic mass is 9.88. The predicted molar refractivity (Wildman–Crippen MR) is 82.7 cm³/mol. The number of carbonyl (C=O) groups is 2. The maximum Gasteiger partial charge on any atom is 0.348 e. The first kappa shape index (κ1) is 15.0. The summed E-state index contributed by atoms with van der Waals surface area (Å²) in [5.74, 6) is 0.735. The molecule has 2 fully saturated rings. The first-order chi connectivity index (χ1) is 10.5. The highest BCUT2D eigenvalue weighted by Gasteiger charge is 2.43. The van der Waals surface area contributed by atoms with Gasteiger partial charge in [0, 0.05) is 5.92 Å². The summed E-state index contributed by atoms with van der Waals surface area (Å²) < 4.78 is 4.72. The van der Waals surface area contributed by atoms with E-state index < -0.39 is 5.97 Å². The van der Waals surface area contributed by atoms with Crippen LogP contribution in [0.2, 0.25) is 0 Å². The monoisotopic (exact) mass is 318 g/mol. The number of fused-ring (bicyclic) bond motifs is 2. The molecule has 1 heterocycles. The summed E-state index contributed by atoms with van der Waals surface area (Å²) in [5, 5.41) is 12.6. The molecular weight excluding hydrogens is 300 g/mol. The number of nitrogens with zero attached hydrogens (tertiary/aromatic N) is 1. The zero-order valence-electron chi connectivity index (χ0n) is 12.6. The molecule has 2 bridgehead atoms. The number of hydrogen-bond donors (Lipinski definition) is 1. The van der Waals surface area contributed by atoms with Crippen LogP contribution >= 0.6 is 11.3 Å². The minimum Gasteiger partial charge on any atom is -0.465 e. The number of esters is 1. The Morgan fingerprint density at radius 1 is 1.36 bits per heavy atom. The molecular formula is C16H18N2O3S. The summed E-state index contributed by atoms with van der Waals surface area (Å²) in [7, 11) is 1.31. The Hall–Kier alpha value is -1.87. The zero-order valence-corrected chi connectivity index (χ0v) is 13.5. The van der Waals surface area contributed by atoms with E-state index in [4.69, 9.17) is 4.74 Å². The van der Waals surface area contributed by atoms with Gasteiger partial charge in [-0.2, -0.15) is 5.26 Å². The molecule has 1 aromatic heterocycles. The molecule has 0 saturated heterocycles. The van der Waals surface area contributed by atoms with Crippen LogP contribution in [0.1, 0.15) is 46.5 Å². The minimum absolute atomic E-state index is 0.0126. The highest BCUT2D eigenvalue weighted by Crippen LogP contribution is 2.48. The highest BCUT2D eigenvalue weighted by molar-refractivity contribution is 7.18. The molecule has 2 aliphatic carbocycles. The quantitative estimate of drug-likeness (QED) is 0.869. The first-order valence-electron chi connectivity index (χ1n) is 7.47. The van der Waals surface area contributed by atoms with E-state index in [1.165, 1.54) is 13.5 Å². The molecule has 0 aliphatic heterocycles. The smallest absolute Gasteiger partial charge is 0.348 e. The van der Waals surface area contributed by atoms with Crippen LogP contribution in [-0.4, -0.2) is 19.0 Å². The number of rotatable bonds is 3. The van der Waals surface area contributed by atoms with Crippen molar-refractivity contribution in [2.24, 2.45) is 17.8 Å². The number of thiophene rings is 1. The van der Waals surface area contributed by atoms with Crippen LogP contribution in [0.4, 0.5) is 5.00 Å². The molecule has 3 rings (SSSR count). The molecule has 22 heavy (non-hydrogen) atoms. The van der Waals surface area contributed by atoms with E-state index in [0.29, 0.717) is 32.8 Å². The number of amides is 1. The topological polar surface area (TPSA) is 79.2 Å². The van der Waals surface area contributed by atoms with Crippen molar-refractivity contribution in [1.82, 2.24) is 0 Å². The van der Waals surface area contributed by atoms with Crippen molar-refractivity contribution >= 4 is 28.2 Å². The van der Waals surface area contributed by atoms with Gasteiger partial charge in [-0.1, -0.05) is 6.42 Å². The van der Waals surface area contributed by atoms with Gasteiger partial charge in [-0.3, -0.25) is 4.79 Å². The summed E-state index contributed by atoms with van der Waals surface area (Å²) in [6, 6.07) is 2.08. The zero-order chi connectivity index (χ0) is 15.9. The predicted octanol–water partition coefficient (Wildman–Crippen LogP) is 3.09. The van der Waals surface area contributed by atoms with Gasteiger partial charge in [-0.25, -0.2) is 4.79 Å². The Morgan fingerprint density at radius 3 is 2.68 bits per heavy atom. The number of nitriles is 1. The number of carbonyl (C=O) groups excluding carboxylic acids is 2. The van der Waals surface area contributed by atoms with Crippen molar-refractivity contribution in [3.05, 3.63) is 16.0 Å². The van der Waals surface area contributed by atoms with E-state index in [1.54, 1.807) is 6.92 Å². The van der Waals surface area contributed by atoms with E-state index in [1.807, 2.05) is 0 Å². The number of methoxy groups -OCH3 is 1. The van der Waals surface area contributed by atoms with Gasteiger partial charge in [0.2, 0.25) is 5.91 Å². The normalized spacial score (nSPS) is 25.8.